The Morgan fingerprint density at radius 3 is 2.34 bits per heavy atom. The standard InChI is InChI=1S/C24H21N3O2/c1-16-9-11-18(12-10-16)25-26-22-20-15-19(29-3)13-14-21(20)27(2)23(22)24(28)17-7-5-4-6-8-17/h4-15H,1-3H3/b26-25+. The van der Waals surface area contributed by atoms with Crippen LogP contribution in [0.15, 0.2) is 83.0 Å². The molecular weight excluding hydrogens is 362 g/mol. The Kier molecular flexibility index (Phi) is 4.96. The average Bonchev–Trinajstić information content (AvgIpc) is 3.04. The molecule has 0 aliphatic heterocycles. The van der Waals surface area contributed by atoms with E-state index in [-0.39, 0.29) is 5.78 Å². The fourth-order valence-corrected chi connectivity index (χ4v) is 3.34. The van der Waals surface area contributed by atoms with E-state index in [1.165, 1.54) is 0 Å². The minimum absolute atomic E-state index is 0.0962. The fraction of sp³-hybridized carbons (Fsp3) is 0.125. The van der Waals surface area contributed by atoms with Crippen molar-refractivity contribution in [3.05, 3.63) is 89.6 Å². The smallest absolute Gasteiger partial charge is 0.211 e. The van der Waals surface area contributed by atoms with E-state index in [9.17, 15) is 4.79 Å². The minimum Gasteiger partial charge on any atom is -0.497 e. The highest BCUT2D eigenvalue weighted by molar-refractivity contribution is 6.16. The zero-order valence-electron chi connectivity index (χ0n) is 16.6. The third-order valence-electron chi connectivity index (χ3n) is 4.93. The molecule has 1 heterocycles. The Bertz CT molecular complexity index is 1210. The molecule has 4 rings (SSSR count). The maximum absolute atomic E-state index is 13.3. The van der Waals surface area contributed by atoms with E-state index < -0.39 is 0 Å². The van der Waals surface area contributed by atoms with E-state index in [1.54, 1.807) is 7.11 Å². The molecule has 0 N–H and O–H groups in total. The molecule has 0 saturated heterocycles. The van der Waals surface area contributed by atoms with Crippen molar-refractivity contribution < 1.29 is 9.53 Å². The van der Waals surface area contributed by atoms with Crippen molar-refractivity contribution >= 4 is 28.1 Å². The van der Waals surface area contributed by atoms with E-state index in [1.807, 2.05) is 91.3 Å². The van der Waals surface area contributed by atoms with Crippen LogP contribution in [0, 0.1) is 6.92 Å². The quantitative estimate of drug-likeness (QED) is 0.307. The Hall–Kier alpha value is -3.73. The molecular formula is C24H21N3O2. The van der Waals surface area contributed by atoms with Crippen LogP contribution in [0.2, 0.25) is 0 Å². The SMILES string of the molecule is COc1ccc2c(c1)c(/N=N/c1ccc(C)cc1)c(C(=O)c1ccccc1)n2C. The first-order chi connectivity index (χ1) is 14.1. The summed E-state index contributed by atoms with van der Waals surface area (Å²) in [5.41, 5.74) is 4.42. The molecule has 5 heteroatoms. The van der Waals surface area contributed by atoms with Crippen molar-refractivity contribution in [2.24, 2.45) is 17.3 Å². The lowest BCUT2D eigenvalue weighted by Gasteiger charge is -2.04. The van der Waals surface area contributed by atoms with Crippen LogP contribution in [0.3, 0.4) is 0 Å². The molecule has 0 aliphatic carbocycles. The highest BCUT2D eigenvalue weighted by atomic mass is 16.5. The number of ether oxygens (including phenoxy) is 1. The lowest BCUT2D eigenvalue weighted by Crippen LogP contribution is -2.07. The van der Waals surface area contributed by atoms with Crippen LogP contribution in [-0.4, -0.2) is 17.5 Å². The lowest BCUT2D eigenvalue weighted by atomic mass is 10.1. The second-order valence-corrected chi connectivity index (χ2v) is 6.87. The molecule has 0 fully saturated rings. The van der Waals surface area contributed by atoms with Crippen LogP contribution < -0.4 is 4.74 Å². The third kappa shape index (κ3) is 3.55. The Labute approximate surface area is 169 Å². The zero-order valence-corrected chi connectivity index (χ0v) is 16.6. The molecule has 5 nitrogen and oxygen atoms in total. The average molecular weight is 383 g/mol. The largest absolute Gasteiger partial charge is 0.497 e. The first-order valence-electron chi connectivity index (χ1n) is 9.33. The van der Waals surface area contributed by atoms with Gasteiger partial charge in [0.15, 0.2) is 0 Å². The summed E-state index contributed by atoms with van der Waals surface area (Å²) < 4.78 is 7.25. The highest BCUT2D eigenvalue weighted by Gasteiger charge is 2.23. The molecule has 29 heavy (non-hydrogen) atoms. The second kappa shape index (κ2) is 7.72. The molecule has 0 radical (unpaired) electrons. The molecule has 0 aliphatic rings. The van der Waals surface area contributed by atoms with Crippen molar-refractivity contribution in [3.63, 3.8) is 0 Å². The van der Waals surface area contributed by atoms with Gasteiger partial charge in [-0.2, -0.15) is 5.11 Å². The summed E-state index contributed by atoms with van der Waals surface area (Å²) in [6.45, 7) is 2.02. The summed E-state index contributed by atoms with van der Waals surface area (Å²) in [6, 6.07) is 22.7. The fourth-order valence-electron chi connectivity index (χ4n) is 3.34. The van der Waals surface area contributed by atoms with E-state index in [0.29, 0.717) is 22.7 Å². The number of nitrogens with zero attached hydrogens (tertiary/aromatic N) is 3. The van der Waals surface area contributed by atoms with Crippen molar-refractivity contribution in [3.8, 4) is 5.75 Å². The summed E-state index contributed by atoms with van der Waals surface area (Å²) in [4.78, 5) is 13.3. The number of carbonyl (C=O) groups is 1. The molecule has 0 spiro atoms. The van der Waals surface area contributed by atoms with Gasteiger partial charge in [-0.05, 0) is 37.3 Å². The second-order valence-electron chi connectivity index (χ2n) is 6.87. The first-order valence-corrected chi connectivity index (χ1v) is 9.33. The van der Waals surface area contributed by atoms with E-state index in [4.69, 9.17) is 4.74 Å². The van der Waals surface area contributed by atoms with Crippen molar-refractivity contribution in [1.82, 2.24) is 4.57 Å². The van der Waals surface area contributed by atoms with Gasteiger partial charge in [0, 0.05) is 18.0 Å². The summed E-state index contributed by atoms with van der Waals surface area (Å²) in [7, 11) is 3.49. The summed E-state index contributed by atoms with van der Waals surface area (Å²) in [6.07, 6.45) is 0. The molecule has 0 amide bonds. The Morgan fingerprint density at radius 2 is 1.66 bits per heavy atom. The van der Waals surface area contributed by atoms with Crippen LogP contribution in [0.4, 0.5) is 11.4 Å². The van der Waals surface area contributed by atoms with Gasteiger partial charge in [0.25, 0.3) is 0 Å². The topological polar surface area (TPSA) is 56.0 Å². The number of fused-ring (bicyclic) bond motifs is 1. The van der Waals surface area contributed by atoms with Gasteiger partial charge in [-0.1, -0.05) is 48.0 Å². The van der Waals surface area contributed by atoms with Gasteiger partial charge in [0.1, 0.15) is 17.1 Å². The number of rotatable bonds is 5. The van der Waals surface area contributed by atoms with Crippen LogP contribution in [0.1, 0.15) is 21.6 Å². The van der Waals surface area contributed by atoms with E-state index in [0.717, 1.165) is 22.2 Å². The molecule has 0 atom stereocenters. The van der Waals surface area contributed by atoms with Crippen molar-refractivity contribution in [1.29, 1.82) is 0 Å². The molecule has 144 valence electrons. The van der Waals surface area contributed by atoms with E-state index in [2.05, 4.69) is 10.2 Å². The predicted molar refractivity (Wildman–Crippen MR) is 115 cm³/mol. The third-order valence-corrected chi connectivity index (χ3v) is 4.93. The number of ketones is 1. The number of hydrogen-bond donors (Lipinski definition) is 0. The lowest BCUT2D eigenvalue weighted by molar-refractivity contribution is 0.103. The molecule has 3 aromatic carbocycles. The van der Waals surface area contributed by atoms with Gasteiger partial charge < -0.3 is 9.30 Å². The molecule has 0 saturated carbocycles. The summed E-state index contributed by atoms with van der Waals surface area (Å²) >= 11 is 0. The minimum atomic E-state index is -0.0962. The van der Waals surface area contributed by atoms with Crippen LogP contribution in [-0.2, 0) is 7.05 Å². The van der Waals surface area contributed by atoms with Gasteiger partial charge >= 0.3 is 0 Å². The number of benzene rings is 3. The molecule has 4 aromatic rings. The zero-order chi connectivity index (χ0) is 20.4. The van der Waals surface area contributed by atoms with Crippen LogP contribution >= 0.6 is 0 Å². The van der Waals surface area contributed by atoms with Gasteiger partial charge in [0.2, 0.25) is 5.78 Å². The molecule has 0 bridgehead atoms. The normalized spacial score (nSPS) is 11.3. The van der Waals surface area contributed by atoms with Gasteiger partial charge in [-0.25, -0.2) is 0 Å². The van der Waals surface area contributed by atoms with Crippen molar-refractivity contribution in [2.75, 3.05) is 7.11 Å². The van der Waals surface area contributed by atoms with Crippen LogP contribution in [0.5, 0.6) is 5.75 Å². The van der Waals surface area contributed by atoms with E-state index >= 15 is 0 Å². The van der Waals surface area contributed by atoms with Crippen LogP contribution in [0.25, 0.3) is 10.9 Å². The first kappa shape index (κ1) is 18.6. The Balaban J connectivity index is 1.91. The molecule has 1 aromatic heterocycles. The number of azo groups is 1. The van der Waals surface area contributed by atoms with Gasteiger partial charge in [-0.3, -0.25) is 4.79 Å². The van der Waals surface area contributed by atoms with Gasteiger partial charge in [-0.15, -0.1) is 5.11 Å². The number of methoxy groups -OCH3 is 1. The highest BCUT2D eigenvalue weighted by Crippen LogP contribution is 2.37. The maximum Gasteiger partial charge on any atom is 0.211 e. The predicted octanol–water partition coefficient (Wildman–Crippen LogP) is 6.14. The summed E-state index contributed by atoms with van der Waals surface area (Å²) in [5, 5.41) is 9.72. The number of carbonyl (C=O) groups excluding carboxylic acids is 1. The monoisotopic (exact) mass is 383 g/mol. The number of aromatic nitrogens is 1. The maximum atomic E-state index is 13.3. The number of hydrogen-bond acceptors (Lipinski definition) is 4. The Morgan fingerprint density at radius 1 is 0.931 bits per heavy atom. The van der Waals surface area contributed by atoms with Gasteiger partial charge in [0.05, 0.1) is 18.3 Å². The number of aryl methyl sites for hydroxylation is 2. The molecule has 0 unspecified atom stereocenters. The summed E-state index contributed by atoms with van der Waals surface area (Å²) in [5.74, 6) is 0.606. The van der Waals surface area contributed by atoms with Crippen molar-refractivity contribution in [2.45, 2.75) is 6.92 Å².